The summed E-state index contributed by atoms with van der Waals surface area (Å²) in [6.07, 6.45) is 2.33. The van der Waals surface area contributed by atoms with Crippen LogP contribution in [-0.2, 0) is 14.3 Å². The van der Waals surface area contributed by atoms with Gasteiger partial charge in [-0.2, -0.15) is 0 Å². The Hall–Kier alpha value is -1.79. The van der Waals surface area contributed by atoms with Crippen LogP contribution in [0.15, 0.2) is 24.3 Å². The van der Waals surface area contributed by atoms with Crippen molar-refractivity contribution in [3.8, 4) is 5.75 Å². The maximum absolute atomic E-state index is 12.6. The van der Waals surface area contributed by atoms with Gasteiger partial charge in [0.15, 0.2) is 6.61 Å². The zero-order chi connectivity index (χ0) is 17.5. The number of hydrogen-bond donors (Lipinski definition) is 1. The van der Waals surface area contributed by atoms with Crippen LogP contribution >= 0.6 is 11.6 Å². The molecule has 0 aromatic heterocycles. The van der Waals surface area contributed by atoms with Crippen LogP contribution < -0.4 is 10.5 Å². The normalized spacial score (nSPS) is 20.7. The molecular weight excluding hydrogens is 332 g/mol. The molecule has 0 aliphatic carbocycles. The molecule has 1 aliphatic heterocycles. The summed E-state index contributed by atoms with van der Waals surface area (Å²) in [4.78, 5) is 25.4. The number of likely N-dealkylation sites (tertiary alicyclic amines) is 1. The lowest BCUT2D eigenvalue weighted by molar-refractivity contribution is -0.143. The molecule has 2 atom stereocenters. The average Bonchev–Trinajstić information content (AvgIpc) is 2.58. The van der Waals surface area contributed by atoms with Gasteiger partial charge in [-0.25, -0.2) is 0 Å². The lowest BCUT2D eigenvalue weighted by Gasteiger charge is -2.40. The summed E-state index contributed by atoms with van der Waals surface area (Å²) in [6, 6.07) is 6.85. The van der Waals surface area contributed by atoms with Crippen molar-refractivity contribution in [2.45, 2.75) is 37.8 Å². The summed E-state index contributed by atoms with van der Waals surface area (Å²) in [5, 5.41) is 0.462. The second kappa shape index (κ2) is 8.89. The van der Waals surface area contributed by atoms with Crippen LogP contribution in [-0.4, -0.2) is 49.1 Å². The molecule has 1 aromatic rings. The third-order valence-electron chi connectivity index (χ3n) is 4.21. The molecule has 7 heteroatoms. The Balaban J connectivity index is 2.01. The van der Waals surface area contributed by atoms with Crippen molar-refractivity contribution in [2.24, 2.45) is 5.73 Å². The van der Waals surface area contributed by atoms with E-state index in [-0.39, 0.29) is 37.0 Å². The van der Waals surface area contributed by atoms with Gasteiger partial charge in [0.25, 0.3) is 5.91 Å². The first-order chi connectivity index (χ1) is 11.5. The highest BCUT2D eigenvalue weighted by Gasteiger charge is 2.34. The molecule has 0 unspecified atom stereocenters. The van der Waals surface area contributed by atoms with Crippen molar-refractivity contribution in [2.75, 3.05) is 20.3 Å². The molecule has 0 saturated carbocycles. The molecule has 6 nitrogen and oxygen atoms in total. The van der Waals surface area contributed by atoms with Crippen molar-refractivity contribution < 1.29 is 19.1 Å². The van der Waals surface area contributed by atoms with Crippen molar-refractivity contribution >= 4 is 23.4 Å². The van der Waals surface area contributed by atoms with Gasteiger partial charge < -0.3 is 20.1 Å². The maximum atomic E-state index is 12.6. The van der Waals surface area contributed by atoms with Gasteiger partial charge in [-0.15, -0.1) is 0 Å². The molecule has 1 aromatic carbocycles. The predicted molar refractivity (Wildman–Crippen MR) is 90.9 cm³/mol. The van der Waals surface area contributed by atoms with E-state index in [1.54, 1.807) is 36.3 Å². The fraction of sp³-hybridized carbons (Fsp3) is 0.529. The molecule has 2 N–H and O–H groups in total. The zero-order valence-corrected chi connectivity index (χ0v) is 14.5. The van der Waals surface area contributed by atoms with Crippen LogP contribution in [0.25, 0.3) is 0 Å². The number of para-hydroxylation sites is 1. The van der Waals surface area contributed by atoms with Gasteiger partial charge in [0.2, 0.25) is 5.91 Å². The van der Waals surface area contributed by atoms with Crippen LogP contribution in [0.4, 0.5) is 0 Å². The minimum atomic E-state index is -0.379. The molecule has 2 rings (SSSR count). The molecule has 0 bridgehead atoms. The second-order valence-electron chi connectivity index (χ2n) is 5.79. The molecule has 1 heterocycles. The maximum Gasteiger partial charge on any atom is 0.260 e. The fourth-order valence-corrected chi connectivity index (χ4v) is 3.21. The Labute approximate surface area is 146 Å². The Morgan fingerprint density at radius 1 is 1.38 bits per heavy atom. The first-order valence-electron chi connectivity index (χ1n) is 8.00. The number of amides is 2. The van der Waals surface area contributed by atoms with Gasteiger partial charge in [-0.1, -0.05) is 23.7 Å². The van der Waals surface area contributed by atoms with E-state index in [0.29, 0.717) is 23.7 Å². The van der Waals surface area contributed by atoms with E-state index in [1.807, 2.05) is 0 Å². The number of carbonyl (C=O) groups is 2. The van der Waals surface area contributed by atoms with Crippen LogP contribution in [0, 0.1) is 0 Å². The lowest BCUT2D eigenvalue weighted by atomic mass is 9.94. The number of methoxy groups -OCH3 is 1. The van der Waals surface area contributed by atoms with Crippen molar-refractivity contribution in [1.29, 1.82) is 0 Å². The van der Waals surface area contributed by atoms with E-state index < -0.39 is 0 Å². The Morgan fingerprint density at radius 3 is 2.79 bits per heavy atom. The summed E-state index contributed by atoms with van der Waals surface area (Å²) in [7, 11) is 1.62. The van der Waals surface area contributed by atoms with Gasteiger partial charge in [-0.05, 0) is 31.4 Å². The first kappa shape index (κ1) is 18.5. The molecular formula is C17H23ClN2O4. The van der Waals surface area contributed by atoms with Crippen LogP contribution in [0.1, 0.15) is 25.7 Å². The van der Waals surface area contributed by atoms with Crippen LogP contribution in [0.2, 0.25) is 5.02 Å². The minimum absolute atomic E-state index is 0.0950. The standard InChI is InChI=1S/C17H23ClN2O4/c1-23-15-7-4-10-20(13(15)8-9-16(19)21)17(22)11-24-14-6-3-2-5-12(14)18/h2-3,5-6,13,15H,4,7-11H2,1H3,(H2,19,21)/t13-,15-/m0/s1. The van der Waals surface area contributed by atoms with Gasteiger partial charge >= 0.3 is 0 Å². The largest absolute Gasteiger partial charge is 0.482 e. The van der Waals surface area contributed by atoms with E-state index in [9.17, 15) is 9.59 Å². The number of primary amides is 1. The highest BCUT2D eigenvalue weighted by Crippen LogP contribution is 2.26. The van der Waals surface area contributed by atoms with Crippen LogP contribution in [0.5, 0.6) is 5.75 Å². The zero-order valence-electron chi connectivity index (χ0n) is 13.7. The fourth-order valence-electron chi connectivity index (χ4n) is 3.02. The number of nitrogens with zero attached hydrogens (tertiary/aromatic N) is 1. The summed E-state index contributed by atoms with van der Waals surface area (Å²) >= 11 is 6.03. The Morgan fingerprint density at radius 2 is 2.12 bits per heavy atom. The Kier molecular flexibility index (Phi) is 6.87. The molecule has 2 amide bonds. The number of halogens is 1. The Bertz CT molecular complexity index is 581. The molecule has 132 valence electrons. The van der Waals surface area contributed by atoms with Crippen LogP contribution in [0.3, 0.4) is 0 Å². The first-order valence-corrected chi connectivity index (χ1v) is 8.38. The van der Waals surface area contributed by atoms with E-state index in [0.717, 1.165) is 12.8 Å². The highest BCUT2D eigenvalue weighted by atomic mass is 35.5. The smallest absolute Gasteiger partial charge is 0.260 e. The molecule has 1 fully saturated rings. The van der Waals surface area contributed by atoms with E-state index in [2.05, 4.69) is 0 Å². The van der Waals surface area contributed by atoms with Gasteiger partial charge in [0.1, 0.15) is 5.75 Å². The number of piperidine rings is 1. The number of hydrogen-bond acceptors (Lipinski definition) is 4. The van der Waals surface area contributed by atoms with E-state index >= 15 is 0 Å². The quantitative estimate of drug-likeness (QED) is 0.811. The topological polar surface area (TPSA) is 81.9 Å². The van der Waals surface area contributed by atoms with Gasteiger partial charge in [0, 0.05) is 20.1 Å². The molecule has 24 heavy (non-hydrogen) atoms. The summed E-state index contributed by atoms with van der Waals surface area (Å²) in [5.74, 6) is -0.0530. The number of ether oxygens (including phenoxy) is 2. The predicted octanol–water partition coefficient (Wildman–Crippen LogP) is 1.99. The molecule has 0 radical (unpaired) electrons. The van der Waals surface area contributed by atoms with Crippen molar-refractivity contribution in [3.05, 3.63) is 29.3 Å². The van der Waals surface area contributed by atoms with Gasteiger partial charge in [-0.3, -0.25) is 9.59 Å². The third kappa shape index (κ3) is 4.85. The highest BCUT2D eigenvalue weighted by molar-refractivity contribution is 6.32. The van der Waals surface area contributed by atoms with E-state index in [4.69, 9.17) is 26.8 Å². The second-order valence-corrected chi connectivity index (χ2v) is 6.20. The summed E-state index contributed by atoms with van der Waals surface area (Å²) in [5.41, 5.74) is 5.25. The monoisotopic (exact) mass is 354 g/mol. The van der Waals surface area contributed by atoms with Gasteiger partial charge in [0.05, 0.1) is 17.2 Å². The lowest BCUT2D eigenvalue weighted by Crippen LogP contribution is -2.53. The van der Waals surface area contributed by atoms with Crippen molar-refractivity contribution in [1.82, 2.24) is 4.90 Å². The third-order valence-corrected chi connectivity index (χ3v) is 4.53. The summed E-state index contributed by atoms with van der Waals surface area (Å²) in [6.45, 7) is 0.515. The van der Waals surface area contributed by atoms with Crippen molar-refractivity contribution in [3.63, 3.8) is 0 Å². The summed E-state index contributed by atoms with van der Waals surface area (Å²) < 4.78 is 11.0. The SMILES string of the molecule is CO[C@H]1CCCN(C(=O)COc2ccccc2Cl)[C@H]1CCC(N)=O. The number of rotatable bonds is 7. The van der Waals surface area contributed by atoms with E-state index in [1.165, 1.54) is 0 Å². The number of benzene rings is 1. The molecule has 0 spiro atoms. The number of carbonyl (C=O) groups excluding carboxylic acids is 2. The number of nitrogens with two attached hydrogens (primary N) is 1. The average molecular weight is 355 g/mol. The molecule has 1 saturated heterocycles. The minimum Gasteiger partial charge on any atom is -0.482 e. The molecule has 1 aliphatic rings.